The fraction of sp³-hybridized carbons (Fsp3) is 0.423. The maximum absolute atomic E-state index is 6.17. The van der Waals surface area contributed by atoms with Gasteiger partial charge >= 0.3 is 0 Å². The molecule has 6 nitrogen and oxygen atoms in total. The molecule has 3 heterocycles. The van der Waals surface area contributed by atoms with Gasteiger partial charge in [-0.05, 0) is 55.2 Å². The van der Waals surface area contributed by atoms with Crippen LogP contribution in [-0.2, 0) is 9.47 Å². The summed E-state index contributed by atoms with van der Waals surface area (Å²) < 4.78 is 25.1. The summed E-state index contributed by atoms with van der Waals surface area (Å²) in [5, 5.41) is 0. The normalized spacial score (nSPS) is 14.0. The van der Waals surface area contributed by atoms with Crippen LogP contribution in [0.3, 0.4) is 0 Å². The average Bonchev–Trinajstić information content (AvgIpc) is 3.31. The Morgan fingerprint density at radius 1 is 1.12 bits per heavy atom. The number of pyridine rings is 1. The number of hydrogen-bond donors (Lipinski definition) is 0. The topological polar surface area (TPSA) is 54.2 Å². The van der Waals surface area contributed by atoms with E-state index in [2.05, 4.69) is 24.6 Å². The van der Waals surface area contributed by atoms with Crippen LogP contribution in [0.2, 0.25) is 0 Å². The minimum atomic E-state index is 0.290. The van der Waals surface area contributed by atoms with Crippen LogP contribution < -0.4 is 9.47 Å². The first-order chi connectivity index (χ1) is 15.7. The molecule has 1 saturated heterocycles. The Kier molecular flexibility index (Phi) is 9.13. The summed E-state index contributed by atoms with van der Waals surface area (Å²) >= 11 is 0. The molecular formula is C26H34N2O4. The predicted molar refractivity (Wildman–Crippen MR) is 128 cm³/mol. The quantitative estimate of drug-likeness (QED) is 0.375. The van der Waals surface area contributed by atoms with Gasteiger partial charge in [0, 0.05) is 18.8 Å². The third-order valence-corrected chi connectivity index (χ3v) is 5.24. The van der Waals surface area contributed by atoms with E-state index in [1.54, 1.807) is 6.33 Å². The molecule has 1 aliphatic rings. The number of allylic oxidation sites excluding steroid dienone is 1. The number of nitrogens with zero attached hydrogens (tertiary/aromatic N) is 2. The first-order valence-corrected chi connectivity index (χ1v) is 11.5. The predicted octanol–water partition coefficient (Wildman–Crippen LogP) is 6.15. The van der Waals surface area contributed by atoms with Gasteiger partial charge in [-0.2, -0.15) is 0 Å². The van der Waals surface area contributed by atoms with Crippen LogP contribution in [0.4, 0.5) is 0 Å². The molecule has 172 valence electrons. The van der Waals surface area contributed by atoms with E-state index in [1.807, 2.05) is 54.9 Å². The third kappa shape index (κ3) is 6.34. The van der Waals surface area contributed by atoms with Crippen molar-refractivity contribution in [2.24, 2.45) is 0 Å². The number of rotatable bonds is 9. The zero-order valence-electron chi connectivity index (χ0n) is 19.4. The number of imidazole rings is 1. The van der Waals surface area contributed by atoms with Gasteiger partial charge in [0.2, 0.25) is 0 Å². The lowest BCUT2D eigenvalue weighted by Crippen LogP contribution is -2.25. The molecule has 32 heavy (non-hydrogen) atoms. The van der Waals surface area contributed by atoms with Crippen molar-refractivity contribution in [1.82, 2.24) is 9.38 Å². The van der Waals surface area contributed by atoms with Gasteiger partial charge in [0.15, 0.2) is 5.75 Å². The molecule has 0 atom stereocenters. The van der Waals surface area contributed by atoms with Crippen molar-refractivity contribution >= 4 is 11.1 Å². The van der Waals surface area contributed by atoms with Crippen molar-refractivity contribution in [3.63, 3.8) is 0 Å². The monoisotopic (exact) mass is 438 g/mol. The Labute approximate surface area is 190 Å². The molecule has 0 saturated carbocycles. The van der Waals surface area contributed by atoms with Crippen molar-refractivity contribution in [2.75, 3.05) is 26.4 Å². The molecule has 0 N–H and O–H groups in total. The van der Waals surface area contributed by atoms with Gasteiger partial charge in [0.1, 0.15) is 18.1 Å². The van der Waals surface area contributed by atoms with Crippen LogP contribution in [0, 0.1) is 0 Å². The summed E-state index contributed by atoms with van der Waals surface area (Å²) in [5.41, 5.74) is 3.04. The molecule has 2 aromatic heterocycles. The molecule has 0 unspecified atom stereocenters. The zero-order valence-corrected chi connectivity index (χ0v) is 19.4. The summed E-state index contributed by atoms with van der Waals surface area (Å²) in [6.45, 7) is 12.9. The highest BCUT2D eigenvalue weighted by molar-refractivity contribution is 5.72. The smallest absolute Gasteiger partial charge is 0.151 e. The number of fused-ring (bicyclic) bond motifs is 1. The van der Waals surface area contributed by atoms with Crippen molar-refractivity contribution in [1.29, 1.82) is 0 Å². The summed E-state index contributed by atoms with van der Waals surface area (Å²) in [6, 6.07) is 9.70. The minimum absolute atomic E-state index is 0.290. The summed E-state index contributed by atoms with van der Waals surface area (Å²) in [5.74, 6) is 2.29. The number of hydrogen-bond acceptors (Lipinski definition) is 5. The number of benzene rings is 1. The second-order valence-electron chi connectivity index (χ2n) is 7.34. The van der Waals surface area contributed by atoms with E-state index in [0.29, 0.717) is 13.2 Å². The molecule has 0 bridgehead atoms. The van der Waals surface area contributed by atoms with Crippen molar-refractivity contribution in [3.05, 3.63) is 61.2 Å². The molecular weight excluding hydrogens is 404 g/mol. The lowest BCUT2D eigenvalue weighted by atomic mass is 10.1. The molecule has 0 aliphatic carbocycles. The highest BCUT2D eigenvalue weighted by Crippen LogP contribution is 2.32. The Morgan fingerprint density at radius 2 is 1.84 bits per heavy atom. The lowest BCUT2D eigenvalue weighted by molar-refractivity contribution is -0.0388. The SMILES string of the molecule is C=C(CC)c1cc2cncn2cc1Oc1ccc(OCCOC2CCOCC2)cc1.CC. The molecule has 1 aliphatic heterocycles. The first-order valence-electron chi connectivity index (χ1n) is 11.5. The second-order valence-corrected chi connectivity index (χ2v) is 7.34. The van der Waals surface area contributed by atoms with E-state index in [4.69, 9.17) is 18.9 Å². The molecule has 1 fully saturated rings. The molecule has 4 rings (SSSR count). The van der Waals surface area contributed by atoms with Crippen LogP contribution in [0.25, 0.3) is 11.1 Å². The highest BCUT2D eigenvalue weighted by atomic mass is 16.5. The van der Waals surface area contributed by atoms with Gasteiger partial charge in [-0.1, -0.05) is 27.4 Å². The van der Waals surface area contributed by atoms with E-state index >= 15 is 0 Å². The van der Waals surface area contributed by atoms with Gasteiger partial charge < -0.3 is 23.3 Å². The summed E-state index contributed by atoms with van der Waals surface area (Å²) in [6.07, 6.45) is 8.60. The summed E-state index contributed by atoms with van der Waals surface area (Å²) in [7, 11) is 0. The number of ether oxygens (including phenoxy) is 4. The molecule has 0 radical (unpaired) electrons. The van der Waals surface area contributed by atoms with E-state index in [9.17, 15) is 0 Å². The number of aromatic nitrogens is 2. The van der Waals surface area contributed by atoms with Crippen molar-refractivity contribution in [2.45, 2.75) is 46.1 Å². The van der Waals surface area contributed by atoms with E-state index in [1.165, 1.54) is 0 Å². The van der Waals surface area contributed by atoms with Crippen molar-refractivity contribution < 1.29 is 18.9 Å². The van der Waals surface area contributed by atoms with Crippen molar-refractivity contribution in [3.8, 4) is 17.2 Å². The lowest BCUT2D eigenvalue weighted by Gasteiger charge is -2.22. The maximum atomic E-state index is 6.17. The Morgan fingerprint density at radius 3 is 2.56 bits per heavy atom. The average molecular weight is 439 g/mol. The highest BCUT2D eigenvalue weighted by Gasteiger charge is 2.14. The van der Waals surface area contributed by atoms with E-state index in [0.717, 1.165) is 66.4 Å². The Balaban J connectivity index is 0.00000141. The zero-order chi connectivity index (χ0) is 22.8. The molecule has 1 aromatic carbocycles. The van der Waals surface area contributed by atoms with Gasteiger partial charge in [-0.15, -0.1) is 0 Å². The third-order valence-electron chi connectivity index (χ3n) is 5.24. The first kappa shape index (κ1) is 23.8. The van der Waals surface area contributed by atoms with Crippen LogP contribution in [0.15, 0.2) is 55.6 Å². The molecule has 6 heteroatoms. The minimum Gasteiger partial charge on any atom is -0.491 e. The van der Waals surface area contributed by atoms with Crippen LogP contribution in [0.1, 0.15) is 45.6 Å². The van der Waals surface area contributed by atoms with Crippen LogP contribution in [-0.4, -0.2) is 41.9 Å². The van der Waals surface area contributed by atoms with Gasteiger partial charge in [0.25, 0.3) is 0 Å². The molecule has 3 aromatic rings. The Bertz CT molecular complexity index is 975. The van der Waals surface area contributed by atoms with E-state index in [-0.39, 0.29) is 6.10 Å². The second kappa shape index (κ2) is 12.3. The van der Waals surface area contributed by atoms with Crippen LogP contribution in [0.5, 0.6) is 17.2 Å². The molecule has 0 spiro atoms. The fourth-order valence-electron chi connectivity index (χ4n) is 3.45. The fourth-order valence-corrected chi connectivity index (χ4v) is 3.45. The van der Waals surface area contributed by atoms with Gasteiger partial charge in [-0.3, -0.25) is 0 Å². The van der Waals surface area contributed by atoms with E-state index < -0.39 is 0 Å². The summed E-state index contributed by atoms with van der Waals surface area (Å²) in [4.78, 5) is 4.20. The standard InChI is InChI=1S/C24H28N2O4.C2H6/c1-3-18(2)23-14-19-15-25-17-26(19)16-24(23)30-22-6-4-20(5-7-22)28-12-13-29-21-8-10-27-11-9-21;1-2/h4-7,14-17,21H,2-3,8-13H2,1H3;1-2H3. The van der Waals surface area contributed by atoms with Gasteiger partial charge in [-0.25, -0.2) is 4.98 Å². The maximum Gasteiger partial charge on any atom is 0.151 e. The molecule has 0 amide bonds. The largest absolute Gasteiger partial charge is 0.491 e. The Hall–Kier alpha value is -2.83. The van der Waals surface area contributed by atoms with Crippen LogP contribution >= 0.6 is 0 Å². The van der Waals surface area contributed by atoms with Gasteiger partial charge in [0.05, 0.1) is 36.9 Å².